The number of aliphatic hydroxyl groups is 1. The zero-order valence-electron chi connectivity index (χ0n) is 10.8. The van der Waals surface area contributed by atoms with E-state index in [-0.39, 0.29) is 18.7 Å². The number of hydrogen-bond acceptors (Lipinski definition) is 3. The number of benzene rings is 1. The topological polar surface area (TPSA) is 61.4 Å². The molecule has 18 heavy (non-hydrogen) atoms. The molecule has 1 unspecified atom stereocenters. The molecule has 0 radical (unpaired) electrons. The molecule has 0 heterocycles. The molecule has 1 aromatic rings. The van der Waals surface area contributed by atoms with Crippen LogP contribution in [0.2, 0.25) is 0 Å². The Morgan fingerprint density at radius 1 is 1.50 bits per heavy atom. The highest BCUT2D eigenvalue weighted by Crippen LogP contribution is 2.16. The molecule has 1 aromatic carbocycles. The van der Waals surface area contributed by atoms with Gasteiger partial charge in [0.1, 0.15) is 0 Å². The van der Waals surface area contributed by atoms with Gasteiger partial charge in [0.2, 0.25) is 0 Å². The number of aliphatic hydroxyl groups excluding tert-OH is 1. The summed E-state index contributed by atoms with van der Waals surface area (Å²) in [4.78, 5) is 11.6. The molecule has 0 bridgehead atoms. The fraction of sp³-hybridized carbons (Fsp3) is 0.462. The van der Waals surface area contributed by atoms with Gasteiger partial charge < -0.3 is 15.7 Å². The summed E-state index contributed by atoms with van der Waals surface area (Å²) in [6.45, 7) is 3.80. The lowest BCUT2D eigenvalue weighted by molar-refractivity contribution is 0.229. The van der Waals surface area contributed by atoms with E-state index in [0.29, 0.717) is 0 Å². The number of urea groups is 1. The van der Waals surface area contributed by atoms with Crippen LogP contribution in [-0.2, 0) is 5.75 Å². The number of nitrogens with one attached hydrogen (secondary N) is 2. The minimum Gasteiger partial charge on any atom is -0.394 e. The van der Waals surface area contributed by atoms with Crippen molar-refractivity contribution in [2.75, 3.05) is 17.7 Å². The van der Waals surface area contributed by atoms with E-state index in [9.17, 15) is 4.79 Å². The van der Waals surface area contributed by atoms with Crippen LogP contribution in [0.25, 0.3) is 0 Å². The third-order valence-corrected chi connectivity index (χ3v) is 3.25. The maximum atomic E-state index is 11.6. The zero-order chi connectivity index (χ0) is 13.4. The fourth-order valence-electron chi connectivity index (χ4n) is 1.40. The molecule has 1 atom stereocenters. The van der Waals surface area contributed by atoms with Gasteiger partial charge in [-0.25, -0.2) is 4.79 Å². The number of hydrogen-bond donors (Lipinski definition) is 3. The molecule has 0 saturated carbocycles. The SMILES string of the molecule is CCSCc1cccc(NC(=O)NC(C)CO)c1. The van der Waals surface area contributed by atoms with Gasteiger partial charge in [-0.3, -0.25) is 0 Å². The molecule has 0 aliphatic rings. The van der Waals surface area contributed by atoms with E-state index in [1.165, 1.54) is 5.56 Å². The first-order valence-electron chi connectivity index (χ1n) is 6.00. The Kier molecular flexibility index (Phi) is 6.60. The lowest BCUT2D eigenvalue weighted by Crippen LogP contribution is -2.38. The first-order valence-corrected chi connectivity index (χ1v) is 7.16. The maximum Gasteiger partial charge on any atom is 0.319 e. The van der Waals surface area contributed by atoms with E-state index < -0.39 is 0 Å². The first kappa shape index (κ1) is 14.9. The van der Waals surface area contributed by atoms with Crippen molar-refractivity contribution in [3.63, 3.8) is 0 Å². The van der Waals surface area contributed by atoms with E-state index in [2.05, 4.69) is 17.6 Å². The van der Waals surface area contributed by atoms with Crippen molar-refractivity contribution in [1.29, 1.82) is 0 Å². The van der Waals surface area contributed by atoms with Crippen molar-refractivity contribution in [1.82, 2.24) is 5.32 Å². The monoisotopic (exact) mass is 268 g/mol. The maximum absolute atomic E-state index is 11.6. The second-order valence-corrected chi connectivity index (χ2v) is 5.29. The van der Waals surface area contributed by atoms with Gasteiger partial charge in [-0.05, 0) is 30.4 Å². The molecule has 4 nitrogen and oxygen atoms in total. The predicted octanol–water partition coefficient (Wildman–Crippen LogP) is 2.44. The standard InChI is InChI=1S/C13H20N2O2S/c1-3-18-9-11-5-4-6-12(7-11)15-13(17)14-10(2)8-16/h4-7,10,16H,3,8-9H2,1-2H3,(H2,14,15,17). The summed E-state index contributed by atoms with van der Waals surface area (Å²) in [6.07, 6.45) is 0. The van der Waals surface area contributed by atoms with E-state index in [4.69, 9.17) is 5.11 Å². The number of rotatable bonds is 6. The summed E-state index contributed by atoms with van der Waals surface area (Å²) in [5, 5.41) is 14.2. The Bertz CT molecular complexity index is 385. The minimum absolute atomic E-state index is 0.0688. The predicted molar refractivity (Wildman–Crippen MR) is 77.0 cm³/mol. The molecular formula is C13H20N2O2S. The Morgan fingerprint density at radius 3 is 2.94 bits per heavy atom. The van der Waals surface area contributed by atoms with Crippen LogP contribution in [0, 0.1) is 0 Å². The van der Waals surface area contributed by atoms with Crippen molar-refractivity contribution in [2.24, 2.45) is 0 Å². The van der Waals surface area contributed by atoms with Crippen LogP contribution < -0.4 is 10.6 Å². The Balaban J connectivity index is 2.53. The average molecular weight is 268 g/mol. The fourth-order valence-corrected chi connectivity index (χ4v) is 2.01. The molecular weight excluding hydrogens is 248 g/mol. The molecule has 0 fully saturated rings. The van der Waals surface area contributed by atoms with Crippen molar-refractivity contribution in [3.8, 4) is 0 Å². The zero-order valence-corrected chi connectivity index (χ0v) is 11.6. The Hall–Kier alpha value is -1.20. The molecule has 3 N–H and O–H groups in total. The van der Waals surface area contributed by atoms with Crippen molar-refractivity contribution in [2.45, 2.75) is 25.6 Å². The summed E-state index contributed by atoms with van der Waals surface area (Å²) in [5.74, 6) is 2.02. The van der Waals surface area contributed by atoms with Crippen LogP contribution in [0.3, 0.4) is 0 Å². The third kappa shape index (κ3) is 5.42. The van der Waals surface area contributed by atoms with Crippen LogP contribution in [0.15, 0.2) is 24.3 Å². The second kappa shape index (κ2) is 8.00. The summed E-state index contributed by atoms with van der Waals surface area (Å²) in [5.41, 5.74) is 1.96. The van der Waals surface area contributed by atoms with Crippen molar-refractivity contribution >= 4 is 23.5 Å². The summed E-state index contributed by atoms with van der Waals surface area (Å²) in [6, 6.07) is 7.24. The highest BCUT2D eigenvalue weighted by Gasteiger charge is 2.06. The minimum atomic E-state index is -0.295. The van der Waals surface area contributed by atoms with Crippen molar-refractivity contribution in [3.05, 3.63) is 29.8 Å². The molecule has 0 spiro atoms. The highest BCUT2D eigenvalue weighted by molar-refractivity contribution is 7.98. The molecule has 0 saturated heterocycles. The number of anilines is 1. The highest BCUT2D eigenvalue weighted by atomic mass is 32.2. The normalized spacial score (nSPS) is 11.9. The first-order chi connectivity index (χ1) is 8.65. The molecule has 5 heteroatoms. The number of amides is 2. The largest absolute Gasteiger partial charge is 0.394 e. The van der Waals surface area contributed by atoms with Gasteiger partial charge in [0.25, 0.3) is 0 Å². The van der Waals surface area contributed by atoms with Crippen LogP contribution >= 0.6 is 11.8 Å². The average Bonchev–Trinajstić information content (AvgIpc) is 2.36. The van der Waals surface area contributed by atoms with Crippen LogP contribution in [0.5, 0.6) is 0 Å². The third-order valence-electron chi connectivity index (χ3n) is 2.31. The molecule has 100 valence electrons. The van der Waals surface area contributed by atoms with Gasteiger partial charge >= 0.3 is 6.03 Å². The summed E-state index contributed by atoms with van der Waals surface area (Å²) >= 11 is 1.84. The summed E-state index contributed by atoms with van der Waals surface area (Å²) in [7, 11) is 0. The number of carbonyl (C=O) groups is 1. The molecule has 0 aliphatic carbocycles. The smallest absolute Gasteiger partial charge is 0.319 e. The Morgan fingerprint density at radius 2 is 2.28 bits per heavy atom. The quantitative estimate of drug-likeness (QED) is 0.742. The van der Waals surface area contributed by atoms with E-state index in [1.807, 2.05) is 36.0 Å². The number of carbonyl (C=O) groups excluding carboxylic acids is 1. The van der Waals surface area contributed by atoms with Gasteiger partial charge in [0.05, 0.1) is 12.6 Å². The van der Waals surface area contributed by atoms with Gasteiger partial charge in [-0.1, -0.05) is 19.1 Å². The van der Waals surface area contributed by atoms with Gasteiger partial charge in [-0.15, -0.1) is 0 Å². The van der Waals surface area contributed by atoms with Crippen LogP contribution in [0.1, 0.15) is 19.4 Å². The van der Waals surface area contributed by atoms with E-state index in [0.717, 1.165) is 17.2 Å². The molecule has 2 amide bonds. The van der Waals surface area contributed by atoms with E-state index in [1.54, 1.807) is 6.92 Å². The van der Waals surface area contributed by atoms with Gasteiger partial charge in [-0.2, -0.15) is 11.8 Å². The second-order valence-electron chi connectivity index (χ2n) is 4.02. The molecule has 1 rings (SSSR count). The summed E-state index contributed by atoms with van der Waals surface area (Å²) < 4.78 is 0. The van der Waals surface area contributed by atoms with E-state index >= 15 is 0 Å². The van der Waals surface area contributed by atoms with Crippen molar-refractivity contribution < 1.29 is 9.90 Å². The van der Waals surface area contributed by atoms with Crippen LogP contribution in [-0.4, -0.2) is 29.5 Å². The number of thioether (sulfide) groups is 1. The van der Waals surface area contributed by atoms with Gasteiger partial charge in [0, 0.05) is 11.4 Å². The molecule has 0 aliphatic heterocycles. The van der Waals surface area contributed by atoms with Crippen LogP contribution in [0.4, 0.5) is 10.5 Å². The lowest BCUT2D eigenvalue weighted by atomic mass is 10.2. The molecule has 0 aromatic heterocycles. The lowest BCUT2D eigenvalue weighted by Gasteiger charge is -2.12. The van der Waals surface area contributed by atoms with Gasteiger partial charge in [0.15, 0.2) is 0 Å². The Labute approximate surface area is 112 Å².